The molecule has 1 heterocycles. The maximum Gasteiger partial charge on any atom is 0.295 e. The van der Waals surface area contributed by atoms with E-state index >= 15 is 0 Å². The number of nitrogens with zero attached hydrogens (tertiary/aromatic N) is 3. The highest BCUT2D eigenvalue weighted by Crippen LogP contribution is 2.25. The number of carbonyl (C=O) groups excluding carboxylic acids is 1. The Morgan fingerprint density at radius 2 is 1.73 bits per heavy atom. The number of nitrogens with one attached hydrogen (secondary N) is 1. The third-order valence-corrected chi connectivity index (χ3v) is 5.24. The first-order chi connectivity index (χ1) is 14.4. The number of aryl methyl sites for hydroxylation is 2. The molecule has 0 radical (unpaired) electrons. The fourth-order valence-corrected chi connectivity index (χ4v) is 3.32. The Labute approximate surface area is 184 Å². The van der Waals surface area contributed by atoms with E-state index in [2.05, 4.69) is 15.4 Å². The lowest BCUT2D eigenvalue weighted by molar-refractivity contribution is 0.101. The first-order valence-corrected chi connectivity index (χ1v) is 10.0. The predicted molar refractivity (Wildman–Crippen MR) is 121 cm³/mol. The minimum absolute atomic E-state index is 0.0437. The standard InChI is InChI=1S/C23H18Cl2N4O/c1-14-6-10-19(11-7-14)29-22(16-4-3-5-17(24)12-16)27-21(28-29)23(30)26-18-9-8-15(2)20(25)13-18/h3-13H,1-2H3,(H,26,30). The van der Waals surface area contributed by atoms with Gasteiger partial charge in [0.15, 0.2) is 5.82 Å². The Morgan fingerprint density at radius 1 is 0.967 bits per heavy atom. The van der Waals surface area contributed by atoms with E-state index in [9.17, 15) is 4.79 Å². The highest BCUT2D eigenvalue weighted by atomic mass is 35.5. The largest absolute Gasteiger partial charge is 0.319 e. The molecule has 7 heteroatoms. The minimum Gasteiger partial charge on any atom is -0.319 e. The van der Waals surface area contributed by atoms with Gasteiger partial charge >= 0.3 is 0 Å². The molecule has 30 heavy (non-hydrogen) atoms. The van der Waals surface area contributed by atoms with E-state index in [1.165, 1.54) is 0 Å². The van der Waals surface area contributed by atoms with Gasteiger partial charge in [0.2, 0.25) is 5.82 Å². The molecule has 0 bridgehead atoms. The van der Waals surface area contributed by atoms with Gasteiger partial charge in [-0.3, -0.25) is 4.79 Å². The maximum absolute atomic E-state index is 12.8. The zero-order chi connectivity index (χ0) is 21.3. The Balaban J connectivity index is 1.75. The SMILES string of the molecule is Cc1ccc(-n2nc(C(=O)Nc3ccc(C)c(Cl)c3)nc2-c2cccc(Cl)c2)cc1. The number of carbonyl (C=O) groups is 1. The van der Waals surface area contributed by atoms with Crippen LogP contribution in [0.5, 0.6) is 0 Å². The molecule has 0 saturated carbocycles. The molecule has 0 aliphatic carbocycles. The highest BCUT2D eigenvalue weighted by molar-refractivity contribution is 6.31. The molecule has 0 saturated heterocycles. The fourth-order valence-electron chi connectivity index (χ4n) is 2.95. The summed E-state index contributed by atoms with van der Waals surface area (Å²) in [5, 5.41) is 8.42. The van der Waals surface area contributed by atoms with Gasteiger partial charge in [0, 0.05) is 21.3 Å². The minimum atomic E-state index is -0.427. The molecular formula is C23H18Cl2N4O. The second-order valence-electron chi connectivity index (χ2n) is 6.93. The van der Waals surface area contributed by atoms with Gasteiger partial charge in [-0.15, -0.1) is 5.10 Å². The van der Waals surface area contributed by atoms with Crippen molar-refractivity contribution in [2.24, 2.45) is 0 Å². The maximum atomic E-state index is 12.8. The van der Waals surface area contributed by atoms with Crippen molar-refractivity contribution in [3.05, 3.63) is 93.7 Å². The smallest absolute Gasteiger partial charge is 0.295 e. The Kier molecular flexibility index (Phi) is 5.57. The molecule has 4 rings (SSSR count). The second kappa shape index (κ2) is 8.30. The molecular weight excluding hydrogens is 419 g/mol. The molecule has 4 aromatic rings. The zero-order valence-corrected chi connectivity index (χ0v) is 17.9. The number of amides is 1. The zero-order valence-electron chi connectivity index (χ0n) is 16.4. The van der Waals surface area contributed by atoms with Gasteiger partial charge in [0.25, 0.3) is 5.91 Å². The number of hydrogen-bond acceptors (Lipinski definition) is 3. The number of benzene rings is 3. The van der Waals surface area contributed by atoms with Crippen molar-refractivity contribution in [1.29, 1.82) is 0 Å². The van der Waals surface area contributed by atoms with Crippen molar-refractivity contribution < 1.29 is 4.79 Å². The van der Waals surface area contributed by atoms with Crippen LogP contribution in [0.3, 0.4) is 0 Å². The van der Waals surface area contributed by atoms with Gasteiger partial charge < -0.3 is 5.32 Å². The van der Waals surface area contributed by atoms with Crippen LogP contribution in [0, 0.1) is 13.8 Å². The molecule has 0 unspecified atom stereocenters. The molecule has 1 N–H and O–H groups in total. The quantitative estimate of drug-likeness (QED) is 0.419. The lowest BCUT2D eigenvalue weighted by Gasteiger charge is -2.06. The van der Waals surface area contributed by atoms with Crippen LogP contribution in [0.15, 0.2) is 66.7 Å². The lowest BCUT2D eigenvalue weighted by atomic mass is 10.2. The summed E-state index contributed by atoms with van der Waals surface area (Å²) >= 11 is 12.3. The second-order valence-corrected chi connectivity index (χ2v) is 7.78. The Hall–Kier alpha value is -3.15. The molecule has 0 aliphatic rings. The van der Waals surface area contributed by atoms with E-state index in [1.807, 2.05) is 56.3 Å². The average molecular weight is 437 g/mol. The molecule has 3 aromatic carbocycles. The van der Waals surface area contributed by atoms with E-state index in [0.717, 1.165) is 22.4 Å². The van der Waals surface area contributed by atoms with Crippen molar-refractivity contribution >= 4 is 34.8 Å². The van der Waals surface area contributed by atoms with Crippen LogP contribution in [0.4, 0.5) is 5.69 Å². The van der Waals surface area contributed by atoms with Crippen molar-refractivity contribution in [1.82, 2.24) is 14.8 Å². The van der Waals surface area contributed by atoms with Crippen LogP contribution in [-0.2, 0) is 0 Å². The van der Waals surface area contributed by atoms with Crippen molar-refractivity contribution in [3.63, 3.8) is 0 Å². The summed E-state index contributed by atoms with van der Waals surface area (Å²) in [7, 11) is 0. The molecule has 1 aromatic heterocycles. The number of anilines is 1. The van der Waals surface area contributed by atoms with Gasteiger partial charge in [-0.25, -0.2) is 9.67 Å². The van der Waals surface area contributed by atoms with Crippen LogP contribution in [0.2, 0.25) is 10.0 Å². The predicted octanol–water partition coefficient (Wildman–Crippen LogP) is 6.11. The van der Waals surface area contributed by atoms with E-state index in [0.29, 0.717) is 21.6 Å². The summed E-state index contributed by atoms with van der Waals surface area (Å²) in [6.07, 6.45) is 0. The van der Waals surface area contributed by atoms with E-state index in [4.69, 9.17) is 23.2 Å². The van der Waals surface area contributed by atoms with Crippen molar-refractivity contribution in [2.45, 2.75) is 13.8 Å². The summed E-state index contributed by atoms with van der Waals surface area (Å²) < 4.78 is 1.64. The summed E-state index contributed by atoms with van der Waals surface area (Å²) in [4.78, 5) is 17.3. The summed E-state index contributed by atoms with van der Waals surface area (Å²) in [5.41, 5.74) is 4.18. The van der Waals surface area contributed by atoms with Gasteiger partial charge in [-0.2, -0.15) is 0 Å². The van der Waals surface area contributed by atoms with E-state index in [-0.39, 0.29) is 5.82 Å². The molecule has 150 valence electrons. The average Bonchev–Trinajstić information content (AvgIpc) is 3.17. The van der Waals surface area contributed by atoms with E-state index in [1.54, 1.807) is 28.9 Å². The molecule has 0 aliphatic heterocycles. The topological polar surface area (TPSA) is 59.8 Å². The number of aromatic nitrogens is 3. The van der Waals surface area contributed by atoms with Crippen LogP contribution >= 0.6 is 23.2 Å². The van der Waals surface area contributed by atoms with Crippen LogP contribution in [-0.4, -0.2) is 20.7 Å². The first-order valence-electron chi connectivity index (χ1n) is 9.28. The molecule has 0 spiro atoms. The number of halogens is 2. The van der Waals surface area contributed by atoms with Crippen LogP contribution in [0.25, 0.3) is 17.1 Å². The molecule has 0 atom stereocenters. The van der Waals surface area contributed by atoms with Gasteiger partial charge in [-0.05, 0) is 55.8 Å². The third-order valence-electron chi connectivity index (χ3n) is 4.60. The highest BCUT2D eigenvalue weighted by Gasteiger charge is 2.19. The van der Waals surface area contributed by atoms with Crippen LogP contribution < -0.4 is 5.32 Å². The fraction of sp³-hybridized carbons (Fsp3) is 0.0870. The van der Waals surface area contributed by atoms with Crippen molar-refractivity contribution in [3.8, 4) is 17.1 Å². The number of rotatable bonds is 4. The van der Waals surface area contributed by atoms with Crippen molar-refractivity contribution in [2.75, 3.05) is 5.32 Å². The van der Waals surface area contributed by atoms with Crippen LogP contribution in [0.1, 0.15) is 21.7 Å². The summed E-state index contributed by atoms with van der Waals surface area (Å²) in [5.74, 6) is 0.139. The Morgan fingerprint density at radius 3 is 2.43 bits per heavy atom. The summed E-state index contributed by atoms with van der Waals surface area (Å²) in [6, 6.07) is 20.4. The Bertz CT molecular complexity index is 1230. The van der Waals surface area contributed by atoms with Gasteiger partial charge in [0.1, 0.15) is 0 Å². The summed E-state index contributed by atoms with van der Waals surface area (Å²) in [6.45, 7) is 3.91. The first kappa shape index (κ1) is 20.1. The normalized spacial score (nSPS) is 10.8. The van der Waals surface area contributed by atoms with E-state index < -0.39 is 5.91 Å². The molecule has 5 nitrogen and oxygen atoms in total. The molecule has 0 fully saturated rings. The monoisotopic (exact) mass is 436 g/mol. The number of hydrogen-bond donors (Lipinski definition) is 1. The van der Waals surface area contributed by atoms with Gasteiger partial charge in [0.05, 0.1) is 5.69 Å². The van der Waals surface area contributed by atoms with Gasteiger partial charge in [-0.1, -0.05) is 59.1 Å². The third kappa shape index (κ3) is 4.22. The lowest BCUT2D eigenvalue weighted by Crippen LogP contribution is -2.14. The molecule has 1 amide bonds.